The number of hydrogen-bond donors (Lipinski definition) is 0. The van der Waals surface area contributed by atoms with Crippen molar-refractivity contribution in [3.8, 4) is 22.8 Å². The van der Waals surface area contributed by atoms with E-state index in [0.717, 1.165) is 11.1 Å². The number of hydrogen-bond acceptors (Lipinski definition) is 9. The number of furan rings is 1. The van der Waals surface area contributed by atoms with Crippen molar-refractivity contribution in [3.05, 3.63) is 71.4 Å². The Labute approximate surface area is 175 Å². The first-order valence-corrected chi connectivity index (χ1v) is 9.46. The van der Waals surface area contributed by atoms with E-state index in [1.54, 1.807) is 25.1 Å². The molecule has 0 aliphatic carbocycles. The first kappa shape index (κ1) is 18.7. The fourth-order valence-corrected chi connectivity index (χ4v) is 3.14. The predicted molar refractivity (Wildman–Crippen MR) is 108 cm³/mol. The highest BCUT2D eigenvalue weighted by molar-refractivity contribution is 6.04. The van der Waals surface area contributed by atoms with Crippen molar-refractivity contribution in [1.29, 1.82) is 0 Å². The Hall–Kier alpha value is -4.27. The van der Waals surface area contributed by atoms with Crippen molar-refractivity contribution < 1.29 is 23.0 Å². The molecule has 0 radical (unpaired) electrons. The summed E-state index contributed by atoms with van der Waals surface area (Å²) in [4.78, 5) is 21.5. The van der Waals surface area contributed by atoms with Crippen molar-refractivity contribution in [3.63, 3.8) is 0 Å². The SMILES string of the molecule is Cc1ccc(-c2noc(COC(=O)c3cc(-c4ccco4)nc4onc(C)c34)n2)cc1. The van der Waals surface area contributed by atoms with Gasteiger partial charge in [0, 0.05) is 5.56 Å². The van der Waals surface area contributed by atoms with Crippen molar-refractivity contribution in [2.45, 2.75) is 20.5 Å². The van der Waals surface area contributed by atoms with E-state index in [1.165, 1.54) is 6.26 Å². The second-order valence-electron chi connectivity index (χ2n) is 6.93. The largest absolute Gasteiger partial charge is 0.463 e. The zero-order chi connectivity index (χ0) is 21.4. The van der Waals surface area contributed by atoms with E-state index >= 15 is 0 Å². The van der Waals surface area contributed by atoms with Crippen molar-refractivity contribution >= 4 is 17.1 Å². The van der Waals surface area contributed by atoms with Crippen LogP contribution in [0.25, 0.3) is 33.9 Å². The summed E-state index contributed by atoms with van der Waals surface area (Å²) in [5.74, 6) is 0.501. The van der Waals surface area contributed by atoms with Gasteiger partial charge in [-0.25, -0.2) is 9.78 Å². The molecule has 4 heterocycles. The van der Waals surface area contributed by atoms with Crippen LogP contribution in [0.1, 0.15) is 27.5 Å². The van der Waals surface area contributed by atoms with Gasteiger partial charge in [0.2, 0.25) is 5.82 Å². The molecular formula is C22H16N4O5. The van der Waals surface area contributed by atoms with Gasteiger partial charge in [-0.15, -0.1) is 0 Å². The second-order valence-corrected chi connectivity index (χ2v) is 6.93. The van der Waals surface area contributed by atoms with E-state index in [4.69, 9.17) is 18.2 Å². The number of pyridine rings is 1. The molecule has 0 spiro atoms. The Kier molecular flexibility index (Phi) is 4.55. The van der Waals surface area contributed by atoms with Crippen molar-refractivity contribution in [1.82, 2.24) is 20.3 Å². The van der Waals surface area contributed by atoms with E-state index in [-0.39, 0.29) is 23.8 Å². The first-order valence-electron chi connectivity index (χ1n) is 9.46. The van der Waals surface area contributed by atoms with Gasteiger partial charge < -0.3 is 18.2 Å². The summed E-state index contributed by atoms with van der Waals surface area (Å²) < 4.78 is 21.3. The third kappa shape index (κ3) is 3.57. The smallest absolute Gasteiger partial charge is 0.339 e. The number of aryl methyl sites for hydroxylation is 2. The number of carbonyl (C=O) groups is 1. The number of benzene rings is 1. The van der Waals surface area contributed by atoms with Crippen LogP contribution >= 0.6 is 0 Å². The average Bonchev–Trinajstić information content (AvgIpc) is 3.54. The summed E-state index contributed by atoms with van der Waals surface area (Å²) in [7, 11) is 0. The van der Waals surface area contributed by atoms with Crippen LogP contribution in [0.4, 0.5) is 0 Å². The highest BCUT2D eigenvalue weighted by Crippen LogP contribution is 2.28. The summed E-state index contributed by atoms with van der Waals surface area (Å²) in [6, 6.07) is 12.8. The lowest BCUT2D eigenvalue weighted by atomic mass is 10.1. The number of fused-ring (bicyclic) bond motifs is 1. The lowest BCUT2D eigenvalue weighted by molar-refractivity contribution is 0.0432. The highest BCUT2D eigenvalue weighted by Gasteiger charge is 2.22. The molecule has 5 aromatic rings. The highest BCUT2D eigenvalue weighted by atomic mass is 16.6. The maximum atomic E-state index is 12.9. The fourth-order valence-electron chi connectivity index (χ4n) is 3.14. The molecule has 0 fully saturated rings. The summed E-state index contributed by atoms with van der Waals surface area (Å²) in [6.07, 6.45) is 1.52. The van der Waals surface area contributed by atoms with Gasteiger partial charge in [-0.2, -0.15) is 4.98 Å². The minimum Gasteiger partial charge on any atom is -0.463 e. The average molecular weight is 416 g/mol. The molecule has 0 aliphatic rings. The summed E-state index contributed by atoms with van der Waals surface area (Å²) >= 11 is 0. The Morgan fingerprint density at radius 2 is 1.87 bits per heavy atom. The maximum Gasteiger partial charge on any atom is 0.339 e. The standard InChI is InChI=1S/C22H16N4O5/c1-12-5-7-14(8-6-12)20-24-18(30-26-20)11-29-22(27)15-10-16(17-4-3-9-28-17)23-21-19(15)13(2)25-31-21/h3-10H,11H2,1-2H3. The van der Waals surface area contributed by atoms with Crippen LogP contribution in [-0.4, -0.2) is 26.3 Å². The van der Waals surface area contributed by atoms with Crippen molar-refractivity contribution in [2.75, 3.05) is 0 Å². The number of esters is 1. The van der Waals surface area contributed by atoms with Gasteiger partial charge in [0.1, 0.15) is 5.69 Å². The molecule has 0 amide bonds. The minimum atomic E-state index is -0.596. The molecule has 154 valence electrons. The molecule has 31 heavy (non-hydrogen) atoms. The van der Waals surface area contributed by atoms with E-state index in [0.29, 0.717) is 28.4 Å². The van der Waals surface area contributed by atoms with Crippen LogP contribution in [0.2, 0.25) is 0 Å². The van der Waals surface area contributed by atoms with Gasteiger partial charge in [-0.1, -0.05) is 40.1 Å². The molecule has 0 bridgehead atoms. The summed E-state index contributed by atoms with van der Waals surface area (Å²) in [5, 5.41) is 8.33. The lowest BCUT2D eigenvalue weighted by Crippen LogP contribution is -2.07. The zero-order valence-corrected chi connectivity index (χ0v) is 16.7. The van der Waals surface area contributed by atoms with Crippen molar-refractivity contribution in [2.24, 2.45) is 0 Å². The normalized spacial score (nSPS) is 11.2. The zero-order valence-electron chi connectivity index (χ0n) is 16.7. The van der Waals surface area contributed by atoms with E-state index < -0.39 is 5.97 Å². The molecule has 0 aliphatic heterocycles. The Bertz CT molecular complexity index is 1370. The molecule has 0 atom stereocenters. The summed E-state index contributed by atoms with van der Waals surface area (Å²) in [5.41, 5.74) is 3.38. The minimum absolute atomic E-state index is 0.179. The Morgan fingerprint density at radius 1 is 1.03 bits per heavy atom. The van der Waals surface area contributed by atoms with Gasteiger partial charge in [-0.3, -0.25) is 0 Å². The monoisotopic (exact) mass is 416 g/mol. The molecule has 1 aromatic carbocycles. The number of carbonyl (C=O) groups excluding carboxylic acids is 1. The molecule has 0 saturated heterocycles. The van der Waals surface area contributed by atoms with Gasteiger partial charge in [0.05, 0.1) is 22.9 Å². The molecule has 5 rings (SSSR count). The van der Waals surface area contributed by atoms with E-state index in [9.17, 15) is 4.79 Å². The second kappa shape index (κ2) is 7.52. The van der Waals surface area contributed by atoms with Gasteiger partial charge in [-0.05, 0) is 32.0 Å². The fraction of sp³-hybridized carbons (Fsp3) is 0.136. The number of nitrogens with zero attached hydrogens (tertiary/aromatic N) is 4. The molecule has 9 nitrogen and oxygen atoms in total. The Morgan fingerprint density at radius 3 is 2.65 bits per heavy atom. The third-order valence-corrected chi connectivity index (χ3v) is 4.72. The van der Waals surface area contributed by atoms with Gasteiger partial charge in [0.15, 0.2) is 12.4 Å². The van der Waals surface area contributed by atoms with Gasteiger partial charge >= 0.3 is 5.97 Å². The quantitative estimate of drug-likeness (QED) is 0.381. The van der Waals surface area contributed by atoms with Gasteiger partial charge in [0.25, 0.3) is 11.6 Å². The number of aromatic nitrogens is 4. The molecule has 0 saturated carbocycles. The van der Waals surface area contributed by atoms with Crippen LogP contribution in [0.15, 0.2) is 62.2 Å². The molecular weight excluding hydrogens is 400 g/mol. The van der Waals surface area contributed by atoms with Crippen LogP contribution in [0, 0.1) is 13.8 Å². The van der Waals surface area contributed by atoms with Crippen LogP contribution in [0.3, 0.4) is 0 Å². The van der Waals surface area contributed by atoms with E-state index in [2.05, 4.69) is 20.3 Å². The number of ether oxygens (including phenoxy) is 1. The maximum absolute atomic E-state index is 12.9. The summed E-state index contributed by atoms with van der Waals surface area (Å²) in [6.45, 7) is 3.54. The van der Waals surface area contributed by atoms with E-state index in [1.807, 2.05) is 31.2 Å². The molecule has 0 N–H and O–H groups in total. The van der Waals surface area contributed by atoms with Crippen LogP contribution in [-0.2, 0) is 11.3 Å². The third-order valence-electron chi connectivity index (χ3n) is 4.72. The van der Waals surface area contributed by atoms with Crippen LogP contribution in [0.5, 0.6) is 0 Å². The lowest BCUT2D eigenvalue weighted by Gasteiger charge is -2.05. The Balaban J connectivity index is 1.39. The topological polar surface area (TPSA) is 117 Å². The number of rotatable bonds is 5. The predicted octanol–water partition coefficient (Wildman–Crippen LogP) is 4.51. The first-order chi connectivity index (χ1) is 15.1. The van der Waals surface area contributed by atoms with Crippen LogP contribution < -0.4 is 0 Å². The molecule has 9 heteroatoms. The molecule has 0 unspecified atom stereocenters. The molecule has 4 aromatic heterocycles.